The van der Waals surface area contributed by atoms with Crippen molar-refractivity contribution in [1.82, 2.24) is 29.3 Å². The Hall–Kier alpha value is -2.86. The van der Waals surface area contributed by atoms with Crippen LogP contribution >= 0.6 is 11.6 Å². The second kappa shape index (κ2) is 6.57. The van der Waals surface area contributed by atoms with E-state index >= 15 is 0 Å². The maximum atomic E-state index is 6.43. The Labute approximate surface area is 150 Å². The number of aromatic nitrogens is 6. The van der Waals surface area contributed by atoms with Crippen LogP contribution in [0.1, 0.15) is 5.69 Å². The van der Waals surface area contributed by atoms with Gasteiger partial charge in [0.05, 0.1) is 29.1 Å². The average molecular weight is 353 g/mol. The molecule has 0 saturated heterocycles. The largest absolute Gasteiger partial charge is 0.348 e. The van der Waals surface area contributed by atoms with Crippen LogP contribution in [0.5, 0.6) is 0 Å². The molecule has 0 unspecified atom stereocenters. The molecule has 126 valence electrons. The lowest BCUT2D eigenvalue weighted by atomic mass is 10.1. The first kappa shape index (κ1) is 15.7. The van der Waals surface area contributed by atoms with Crippen LogP contribution in [0.25, 0.3) is 22.6 Å². The molecule has 0 aliphatic heterocycles. The van der Waals surface area contributed by atoms with E-state index in [-0.39, 0.29) is 0 Å². The molecule has 4 rings (SSSR count). The van der Waals surface area contributed by atoms with E-state index in [0.29, 0.717) is 5.02 Å². The highest BCUT2D eigenvalue weighted by atomic mass is 35.5. The highest BCUT2D eigenvalue weighted by Crippen LogP contribution is 2.34. The topological polar surface area (TPSA) is 64.3 Å². The van der Waals surface area contributed by atoms with E-state index in [2.05, 4.69) is 24.6 Å². The lowest BCUT2D eigenvalue weighted by Gasteiger charge is -2.08. The molecule has 0 aliphatic carbocycles. The van der Waals surface area contributed by atoms with Crippen LogP contribution < -0.4 is 0 Å². The van der Waals surface area contributed by atoms with Crippen molar-refractivity contribution in [3.63, 3.8) is 0 Å². The van der Waals surface area contributed by atoms with E-state index < -0.39 is 0 Å². The first-order valence-electron chi connectivity index (χ1n) is 7.99. The molecule has 0 amide bonds. The van der Waals surface area contributed by atoms with Crippen molar-refractivity contribution in [1.29, 1.82) is 0 Å². The molecule has 6 nitrogen and oxygen atoms in total. The van der Waals surface area contributed by atoms with E-state index in [1.165, 1.54) is 0 Å². The predicted molar refractivity (Wildman–Crippen MR) is 97.2 cm³/mol. The predicted octanol–water partition coefficient (Wildman–Crippen LogP) is 3.57. The Balaban J connectivity index is 1.79. The first-order valence-corrected chi connectivity index (χ1v) is 8.37. The third kappa shape index (κ3) is 3.08. The highest BCUT2D eigenvalue weighted by molar-refractivity contribution is 6.33. The molecule has 0 fully saturated rings. The van der Waals surface area contributed by atoms with Gasteiger partial charge >= 0.3 is 0 Å². The standard InChI is InChI=1S/C18H17ClN6/c1-24-10-15(19)17(23-24)18-16(13-5-3-2-4-6-13)22-12-25(18)8-7-14-9-20-11-21-14/h2-6,9-12H,7-8H2,1H3,(H,20,21). The normalized spacial score (nSPS) is 11.1. The molecule has 4 aromatic rings. The molecule has 0 spiro atoms. The van der Waals surface area contributed by atoms with Crippen LogP contribution in [0.2, 0.25) is 5.02 Å². The van der Waals surface area contributed by atoms with Gasteiger partial charge in [-0.05, 0) is 0 Å². The minimum Gasteiger partial charge on any atom is -0.348 e. The van der Waals surface area contributed by atoms with Gasteiger partial charge in [0.2, 0.25) is 0 Å². The summed E-state index contributed by atoms with van der Waals surface area (Å²) in [5.41, 5.74) is 4.67. The zero-order valence-corrected chi connectivity index (χ0v) is 14.5. The van der Waals surface area contributed by atoms with Crippen LogP contribution in [-0.4, -0.2) is 29.3 Å². The molecular formula is C18H17ClN6. The van der Waals surface area contributed by atoms with Gasteiger partial charge in [0.25, 0.3) is 0 Å². The van der Waals surface area contributed by atoms with Crippen molar-refractivity contribution in [3.05, 3.63) is 66.1 Å². The number of halogens is 1. The maximum absolute atomic E-state index is 6.43. The van der Waals surface area contributed by atoms with Crippen LogP contribution in [0.4, 0.5) is 0 Å². The van der Waals surface area contributed by atoms with Crippen LogP contribution in [-0.2, 0) is 20.0 Å². The van der Waals surface area contributed by atoms with Gasteiger partial charge in [0, 0.05) is 43.7 Å². The number of hydrogen-bond donors (Lipinski definition) is 1. The minimum absolute atomic E-state index is 0.614. The van der Waals surface area contributed by atoms with Gasteiger partial charge in [0.15, 0.2) is 0 Å². The molecule has 0 saturated carbocycles. The fourth-order valence-corrected chi connectivity index (χ4v) is 3.16. The smallest absolute Gasteiger partial charge is 0.130 e. The maximum Gasteiger partial charge on any atom is 0.130 e. The zero-order chi connectivity index (χ0) is 17.2. The quantitative estimate of drug-likeness (QED) is 0.597. The van der Waals surface area contributed by atoms with Crippen molar-refractivity contribution in [2.45, 2.75) is 13.0 Å². The summed E-state index contributed by atoms with van der Waals surface area (Å²) < 4.78 is 3.82. The summed E-state index contributed by atoms with van der Waals surface area (Å²) in [6.07, 6.45) is 8.00. The molecule has 0 atom stereocenters. The zero-order valence-electron chi connectivity index (χ0n) is 13.7. The van der Waals surface area contributed by atoms with Crippen molar-refractivity contribution in [2.24, 2.45) is 7.05 Å². The van der Waals surface area contributed by atoms with Gasteiger partial charge in [-0.1, -0.05) is 41.9 Å². The number of aryl methyl sites for hydroxylation is 3. The number of imidazole rings is 2. The van der Waals surface area contributed by atoms with Crippen molar-refractivity contribution >= 4 is 11.6 Å². The van der Waals surface area contributed by atoms with Gasteiger partial charge < -0.3 is 9.55 Å². The number of aromatic amines is 1. The third-order valence-corrected chi connectivity index (χ3v) is 4.35. The molecule has 0 bridgehead atoms. The average Bonchev–Trinajstić information content (AvgIpc) is 3.33. The number of benzene rings is 1. The lowest BCUT2D eigenvalue weighted by Crippen LogP contribution is -2.03. The summed E-state index contributed by atoms with van der Waals surface area (Å²) in [7, 11) is 1.86. The summed E-state index contributed by atoms with van der Waals surface area (Å²) in [4.78, 5) is 11.8. The Morgan fingerprint density at radius 2 is 2.00 bits per heavy atom. The molecule has 25 heavy (non-hydrogen) atoms. The second-order valence-corrected chi connectivity index (χ2v) is 6.23. The lowest BCUT2D eigenvalue weighted by molar-refractivity contribution is 0.688. The van der Waals surface area contributed by atoms with E-state index in [1.54, 1.807) is 17.2 Å². The molecule has 3 aromatic heterocycles. The summed E-state index contributed by atoms with van der Waals surface area (Å²) in [5, 5.41) is 5.16. The fraction of sp³-hybridized carbons (Fsp3) is 0.167. The van der Waals surface area contributed by atoms with E-state index in [1.807, 2.05) is 49.9 Å². The third-order valence-electron chi connectivity index (χ3n) is 4.07. The Kier molecular flexibility index (Phi) is 4.11. The summed E-state index contributed by atoms with van der Waals surface area (Å²) in [6, 6.07) is 10.1. The number of hydrogen-bond acceptors (Lipinski definition) is 3. The molecule has 7 heteroatoms. The van der Waals surface area contributed by atoms with Gasteiger partial charge in [-0.2, -0.15) is 5.10 Å². The Bertz CT molecular complexity index is 969. The van der Waals surface area contributed by atoms with E-state index in [0.717, 1.165) is 41.3 Å². The molecular weight excluding hydrogens is 336 g/mol. The van der Waals surface area contributed by atoms with Gasteiger partial charge in [-0.25, -0.2) is 9.97 Å². The minimum atomic E-state index is 0.614. The van der Waals surface area contributed by atoms with E-state index in [4.69, 9.17) is 11.6 Å². The number of H-pyrrole nitrogens is 1. The molecule has 1 N–H and O–H groups in total. The SMILES string of the molecule is Cn1cc(Cl)c(-c2c(-c3ccccc3)ncn2CCc2cnc[nH]2)n1. The summed E-state index contributed by atoms with van der Waals surface area (Å²) >= 11 is 6.43. The number of rotatable bonds is 5. The van der Waals surface area contributed by atoms with Crippen LogP contribution in [0.15, 0.2) is 55.4 Å². The van der Waals surface area contributed by atoms with E-state index in [9.17, 15) is 0 Å². The highest BCUT2D eigenvalue weighted by Gasteiger charge is 2.20. The first-order chi connectivity index (χ1) is 12.2. The van der Waals surface area contributed by atoms with Gasteiger partial charge in [-0.3, -0.25) is 4.68 Å². The number of nitrogens with zero attached hydrogens (tertiary/aromatic N) is 5. The fourth-order valence-electron chi connectivity index (χ4n) is 2.89. The summed E-state index contributed by atoms with van der Waals surface area (Å²) in [6.45, 7) is 0.754. The summed E-state index contributed by atoms with van der Waals surface area (Å²) in [5.74, 6) is 0. The Morgan fingerprint density at radius 3 is 2.68 bits per heavy atom. The molecule has 0 radical (unpaired) electrons. The molecule has 0 aliphatic rings. The van der Waals surface area contributed by atoms with Gasteiger partial charge in [-0.15, -0.1) is 0 Å². The van der Waals surface area contributed by atoms with Crippen LogP contribution in [0.3, 0.4) is 0 Å². The van der Waals surface area contributed by atoms with Gasteiger partial charge in [0.1, 0.15) is 5.69 Å². The second-order valence-electron chi connectivity index (χ2n) is 5.83. The van der Waals surface area contributed by atoms with Crippen molar-refractivity contribution in [2.75, 3.05) is 0 Å². The van der Waals surface area contributed by atoms with Crippen molar-refractivity contribution < 1.29 is 0 Å². The Morgan fingerprint density at radius 1 is 1.16 bits per heavy atom. The monoisotopic (exact) mass is 352 g/mol. The number of nitrogens with one attached hydrogen (secondary N) is 1. The molecule has 3 heterocycles. The molecule has 1 aromatic carbocycles. The van der Waals surface area contributed by atoms with Crippen molar-refractivity contribution in [3.8, 4) is 22.6 Å². The van der Waals surface area contributed by atoms with Crippen LogP contribution in [0, 0.1) is 0 Å².